The molecule has 0 aliphatic rings. The highest BCUT2D eigenvalue weighted by Gasteiger charge is 2.12. The number of amides is 1. The van der Waals surface area contributed by atoms with Gasteiger partial charge >= 0.3 is 0 Å². The Kier molecular flexibility index (Phi) is 5.36. The van der Waals surface area contributed by atoms with Gasteiger partial charge in [0.05, 0.1) is 0 Å². The minimum absolute atomic E-state index is 0.100. The fourth-order valence-electron chi connectivity index (χ4n) is 1.51. The first-order chi connectivity index (χ1) is 8.81. The van der Waals surface area contributed by atoms with Gasteiger partial charge in [0.15, 0.2) is 6.10 Å². The number of hydrogen-bond donors (Lipinski definition) is 2. The summed E-state index contributed by atoms with van der Waals surface area (Å²) in [6, 6.07) is 7.79. The molecule has 4 nitrogen and oxygen atoms in total. The van der Waals surface area contributed by atoms with E-state index in [2.05, 4.69) is 31.4 Å². The lowest BCUT2D eigenvalue weighted by molar-refractivity contribution is -0.126. The second kappa shape index (κ2) is 6.57. The van der Waals surface area contributed by atoms with Crippen molar-refractivity contribution in [2.24, 2.45) is 0 Å². The van der Waals surface area contributed by atoms with Crippen LogP contribution in [0.3, 0.4) is 0 Å². The van der Waals surface area contributed by atoms with Crippen molar-refractivity contribution in [3.05, 3.63) is 29.8 Å². The average molecular weight is 264 g/mol. The summed E-state index contributed by atoms with van der Waals surface area (Å²) < 4.78 is 5.53. The Labute approximate surface area is 115 Å². The van der Waals surface area contributed by atoms with Crippen LogP contribution in [0.2, 0.25) is 0 Å². The van der Waals surface area contributed by atoms with Crippen molar-refractivity contribution in [3.63, 3.8) is 0 Å². The molecule has 0 saturated carbocycles. The van der Waals surface area contributed by atoms with Crippen molar-refractivity contribution in [3.8, 4) is 5.75 Å². The summed E-state index contributed by atoms with van der Waals surface area (Å²) in [6.07, 6.45) is -0.483. The van der Waals surface area contributed by atoms with E-state index in [0.29, 0.717) is 5.75 Å². The summed E-state index contributed by atoms with van der Waals surface area (Å²) in [5.41, 5.74) is 1.29. The third-order valence-corrected chi connectivity index (χ3v) is 2.67. The zero-order valence-corrected chi connectivity index (χ0v) is 12.4. The summed E-state index contributed by atoms with van der Waals surface area (Å²) in [5.74, 6) is 0.578. The summed E-state index contributed by atoms with van der Waals surface area (Å²) in [6.45, 7) is 8.95. The molecule has 1 aromatic carbocycles. The minimum atomic E-state index is -0.483. The van der Waals surface area contributed by atoms with Crippen molar-refractivity contribution in [1.29, 1.82) is 0 Å². The Morgan fingerprint density at radius 2 is 1.84 bits per heavy atom. The molecule has 0 bridgehead atoms. The lowest BCUT2D eigenvalue weighted by Gasteiger charge is -2.20. The van der Waals surface area contributed by atoms with Crippen LogP contribution in [0.25, 0.3) is 0 Å². The third kappa shape index (κ3) is 5.75. The van der Waals surface area contributed by atoms with Gasteiger partial charge in [0.2, 0.25) is 0 Å². The predicted octanol–water partition coefficient (Wildman–Crippen LogP) is 2.09. The van der Waals surface area contributed by atoms with Crippen LogP contribution in [0.1, 0.15) is 33.3 Å². The Morgan fingerprint density at radius 3 is 2.32 bits per heavy atom. The first-order valence-corrected chi connectivity index (χ1v) is 6.54. The smallest absolute Gasteiger partial charge is 0.260 e. The SMILES string of the molecule is CNC(=O)C(C)Oc1ccc(CNC(C)(C)C)cc1. The Bertz CT molecular complexity index is 407. The van der Waals surface area contributed by atoms with Gasteiger partial charge in [0.1, 0.15) is 5.75 Å². The molecule has 19 heavy (non-hydrogen) atoms. The van der Waals surface area contributed by atoms with E-state index in [1.807, 2.05) is 24.3 Å². The van der Waals surface area contributed by atoms with Crippen molar-refractivity contribution in [2.75, 3.05) is 7.05 Å². The molecule has 0 saturated heterocycles. The number of likely N-dealkylation sites (N-methyl/N-ethyl adjacent to an activating group) is 1. The highest BCUT2D eigenvalue weighted by atomic mass is 16.5. The van der Waals surface area contributed by atoms with Crippen molar-refractivity contribution in [2.45, 2.75) is 45.9 Å². The maximum Gasteiger partial charge on any atom is 0.260 e. The van der Waals surface area contributed by atoms with Crippen LogP contribution < -0.4 is 15.4 Å². The number of nitrogens with one attached hydrogen (secondary N) is 2. The summed E-state index contributed by atoms with van der Waals surface area (Å²) in [4.78, 5) is 11.3. The van der Waals surface area contributed by atoms with Crippen LogP contribution in [-0.2, 0) is 11.3 Å². The highest BCUT2D eigenvalue weighted by molar-refractivity contribution is 5.80. The third-order valence-electron chi connectivity index (χ3n) is 2.67. The highest BCUT2D eigenvalue weighted by Crippen LogP contribution is 2.14. The van der Waals surface area contributed by atoms with Gasteiger partial charge in [-0.2, -0.15) is 0 Å². The topological polar surface area (TPSA) is 50.4 Å². The number of rotatable bonds is 5. The van der Waals surface area contributed by atoms with E-state index < -0.39 is 6.10 Å². The largest absolute Gasteiger partial charge is 0.481 e. The summed E-state index contributed by atoms with van der Waals surface area (Å²) >= 11 is 0. The molecule has 0 fully saturated rings. The molecule has 1 aromatic rings. The zero-order chi connectivity index (χ0) is 14.5. The van der Waals surface area contributed by atoms with Crippen molar-refractivity contribution in [1.82, 2.24) is 10.6 Å². The number of hydrogen-bond acceptors (Lipinski definition) is 3. The van der Waals surface area contributed by atoms with Gasteiger partial charge in [-0.3, -0.25) is 4.79 Å². The van der Waals surface area contributed by atoms with E-state index >= 15 is 0 Å². The van der Waals surface area contributed by atoms with E-state index in [1.54, 1.807) is 14.0 Å². The van der Waals surface area contributed by atoms with E-state index in [0.717, 1.165) is 6.54 Å². The zero-order valence-electron chi connectivity index (χ0n) is 12.4. The quantitative estimate of drug-likeness (QED) is 0.856. The van der Waals surface area contributed by atoms with Crippen LogP contribution in [0.5, 0.6) is 5.75 Å². The minimum Gasteiger partial charge on any atom is -0.481 e. The lowest BCUT2D eigenvalue weighted by Crippen LogP contribution is -2.35. The van der Waals surface area contributed by atoms with Gasteiger partial charge in [-0.1, -0.05) is 12.1 Å². The molecule has 1 unspecified atom stereocenters. The van der Waals surface area contributed by atoms with Crippen LogP contribution in [0.15, 0.2) is 24.3 Å². The molecule has 0 radical (unpaired) electrons. The second-order valence-corrected chi connectivity index (χ2v) is 5.62. The Hall–Kier alpha value is -1.55. The second-order valence-electron chi connectivity index (χ2n) is 5.62. The molecule has 0 spiro atoms. The molecule has 0 heterocycles. The maximum absolute atomic E-state index is 11.3. The van der Waals surface area contributed by atoms with Crippen LogP contribution in [-0.4, -0.2) is 24.6 Å². The number of benzene rings is 1. The van der Waals surface area contributed by atoms with Crippen LogP contribution >= 0.6 is 0 Å². The van der Waals surface area contributed by atoms with Gasteiger partial charge in [-0.15, -0.1) is 0 Å². The van der Waals surface area contributed by atoms with Gasteiger partial charge < -0.3 is 15.4 Å². The van der Waals surface area contributed by atoms with Gasteiger partial charge in [0.25, 0.3) is 5.91 Å². The van der Waals surface area contributed by atoms with Crippen molar-refractivity contribution >= 4 is 5.91 Å². The van der Waals surface area contributed by atoms with Gasteiger partial charge in [-0.25, -0.2) is 0 Å². The Balaban J connectivity index is 2.54. The molecule has 0 aliphatic heterocycles. The number of carbonyl (C=O) groups excluding carboxylic acids is 1. The van der Waals surface area contributed by atoms with E-state index in [1.165, 1.54) is 5.56 Å². The first kappa shape index (κ1) is 15.5. The normalized spacial score (nSPS) is 12.9. The Morgan fingerprint density at radius 1 is 1.26 bits per heavy atom. The fourth-order valence-corrected chi connectivity index (χ4v) is 1.51. The molecule has 0 aliphatic carbocycles. The fraction of sp³-hybridized carbons (Fsp3) is 0.533. The van der Waals surface area contributed by atoms with Crippen LogP contribution in [0.4, 0.5) is 0 Å². The predicted molar refractivity (Wildman–Crippen MR) is 77.2 cm³/mol. The molecule has 106 valence electrons. The molecule has 1 atom stereocenters. The lowest BCUT2D eigenvalue weighted by atomic mass is 10.1. The molecular formula is C15H24N2O2. The number of ether oxygens (including phenoxy) is 1. The van der Waals surface area contributed by atoms with Crippen LogP contribution in [0, 0.1) is 0 Å². The molecule has 0 aromatic heterocycles. The first-order valence-electron chi connectivity index (χ1n) is 6.54. The average Bonchev–Trinajstić information content (AvgIpc) is 2.36. The standard InChI is InChI=1S/C15H24N2O2/c1-11(14(18)16-5)19-13-8-6-12(7-9-13)10-17-15(2,3)4/h6-9,11,17H,10H2,1-5H3,(H,16,18). The van der Waals surface area contributed by atoms with Crippen molar-refractivity contribution < 1.29 is 9.53 Å². The van der Waals surface area contributed by atoms with E-state index in [4.69, 9.17) is 4.74 Å². The summed E-state index contributed by atoms with van der Waals surface area (Å²) in [7, 11) is 1.60. The monoisotopic (exact) mass is 264 g/mol. The van der Waals surface area contributed by atoms with E-state index in [9.17, 15) is 4.79 Å². The molecule has 1 amide bonds. The molecular weight excluding hydrogens is 240 g/mol. The molecule has 1 rings (SSSR count). The van der Waals surface area contributed by atoms with Gasteiger partial charge in [-0.05, 0) is 45.4 Å². The van der Waals surface area contributed by atoms with Gasteiger partial charge in [0, 0.05) is 19.1 Å². The molecule has 4 heteroatoms. The maximum atomic E-state index is 11.3. The summed E-state index contributed by atoms with van der Waals surface area (Å²) in [5, 5.41) is 5.98. The number of carbonyl (C=O) groups is 1. The van der Waals surface area contributed by atoms with E-state index in [-0.39, 0.29) is 11.4 Å². The molecule has 2 N–H and O–H groups in total.